The second-order valence-corrected chi connectivity index (χ2v) is 9.06. The summed E-state index contributed by atoms with van der Waals surface area (Å²) in [4.78, 5) is 14.8. The second kappa shape index (κ2) is 10.0. The molecule has 7 heteroatoms. The third-order valence-corrected chi connectivity index (χ3v) is 6.72. The SMILES string of the molecule is CNCC1CCN(C(=O)c2cccc(S(=O)(=O)Cc3ccccc3)c2)CC1.Cl. The molecule has 0 saturated carbocycles. The third kappa shape index (κ3) is 5.56. The molecule has 5 nitrogen and oxygen atoms in total. The minimum absolute atomic E-state index is 0. The summed E-state index contributed by atoms with van der Waals surface area (Å²) in [5.41, 5.74) is 1.18. The Kier molecular flexibility index (Phi) is 8.04. The average molecular weight is 423 g/mol. The van der Waals surface area contributed by atoms with Crippen molar-refractivity contribution in [1.29, 1.82) is 0 Å². The smallest absolute Gasteiger partial charge is 0.253 e. The zero-order valence-corrected chi connectivity index (χ0v) is 17.6. The Morgan fingerprint density at radius 2 is 1.75 bits per heavy atom. The second-order valence-electron chi connectivity index (χ2n) is 7.07. The van der Waals surface area contributed by atoms with Gasteiger partial charge in [0.05, 0.1) is 10.6 Å². The van der Waals surface area contributed by atoms with Gasteiger partial charge in [0, 0.05) is 18.7 Å². The summed E-state index contributed by atoms with van der Waals surface area (Å²) >= 11 is 0. The van der Waals surface area contributed by atoms with Gasteiger partial charge in [-0.05, 0) is 56.1 Å². The molecule has 0 spiro atoms. The van der Waals surface area contributed by atoms with E-state index in [1.807, 2.05) is 30.1 Å². The van der Waals surface area contributed by atoms with Gasteiger partial charge in [-0.3, -0.25) is 4.79 Å². The van der Waals surface area contributed by atoms with Gasteiger partial charge in [0.25, 0.3) is 5.91 Å². The van der Waals surface area contributed by atoms with Crippen molar-refractivity contribution < 1.29 is 13.2 Å². The van der Waals surface area contributed by atoms with E-state index in [1.54, 1.807) is 30.3 Å². The molecule has 1 N–H and O–H groups in total. The number of amides is 1. The molecule has 28 heavy (non-hydrogen) atoms. The predicted octanol–water partition coefficient (Wildman–Crippen LogP) is 3.15. The van der Waals surface area contributed by atoms with Crippen LogP contribution in [0.15, 0.2) is 59.5 Å². The van der Waals surface area contributed by atoms with Crippen LogP contribution in [0, 0.1) is 5.92 Å². The van der Waals surface area contributed by atoms with Crippen LogP contribution >= 0.6 is 12.4 Å². The number of carbonyl (C=O) groups excluding carboxylic acids is 1. The van der Waals surface area contributed by atoms with Crippen LogP contribution in [-0.2, 0) is 15.6 Å². The fraction of sp³-hybridized carbons (Fsp3) is 0.381. The molecule has 3 rings (SSSR count). The molecule has 0 bridgehead atoms. The summed E-state index contributed by atoms with van der Waals surface area (Å²) in [5, 5.41) is 3.19. The molecule has 0 aromatic heterocycles. The van der Waals surface area contributed by atoms with Gasteiger partial charge < -0.3 is 10.2 Å². The van der Waals surface area contributed by atoms with Gasteiger partial charge in [0.1, 0.15) is 0 Å². The van der Waals surface area contributed by atoms with Gasteiger partial charge in [-0.25, -0.2) is 8.42 Å². The number of hydrogen-bond donors (Lipinski definition) is 1. The Morgan fingerprint density at radius 3 is 2.39 bits per heavy atom. The number of nitrogens with one attached hydrogen (secondary N) is 1. The number of piperidine rings is 1. The summed E-state index contributed by atoms with van der Waals surface area (Å²) in [7, 11) is -1.55. The zero-order chi connectivity index (χ0) is 19.3. The number of nitrogens with zero attached hydrogens (tertiary/aromatic N) is 1. The largest absolute Gasteiger partial charge is 0.339 e. The highest BCUT2D eigenvalue weighted by molar-refractivity contribution is 7.90. The first-order valence-electron chi connectivity index (χ1n) is 9.30. The third-order valence-electron chi connectivity index (χ3n) is 5.03. The van der Waals surface area contributed by atoms with Crippen LogP contribution in [0.2, 0.25) is 0 Å². The van der Waals surface area contributed by atoms with Crippen LogP contribution in [-0.4, -0.2) is 45.9 Å². The molecule has 1 amide bonds. The summed E-state index contributed by atoms with van der Waals surface area (Å²) < 4.78 is 25.5. The molecule has 0 radical (unpaired) electrons. The van der Waals surface area contributed by atoms with Gasteiger partial charge in [-0.2, -0.15) is 0 Å². The van der Waals surface area contributed by atoms with Crippen LogP contribution < -0.4 is 5.32 Å². The fourth-order valence-electron chi connectivity index (χ4n) is 3.51. The van der Waals surface area contributed by atoms with Crippen LogP contribution in [0.4, 0.5) is 0 Å². The Bertz CT molecular complexity index is 880. The highest BCUT2D eigenvalue weighted by atomic mass is 35.5. The lowest BCUT2D eigenvalue weighted by molar-refractivity contribution is 0.0690. The minimum Gasteiger partial charge on any atom is -0.339 e. The number of sulfone groups is 1. The number of benzene rings is 2. The summed E-state index contributed by atoms with van der Waals surface area (Å²) in [6.45, 7) is 2.40. The first kappa shape index (κ1) is 22.4. The molecule has 2 aromatic carbocycles. The van der Waals surface area contributed by atoms with Crippen molar-refractivity contribution in [2.75, 3.05) is 26.7 Å². The van der Waals surface area contributed by atoms with E-state index in [2.05, 4.69) is 5.32 Å². The van der Waals surface area contributed by atoms with E-state index >= 15 is 0 Å². The van der Waals surface area contributed by atoms with Crippen molar-refractivity contribution >= 4 is 28.2 Å². The first-order valence-corrected chi connectivity index (χ1v) is 11.0. The molecule has 1 aliphatic heterocycles. The van der Waals surface area contributed by atoms with E-state index < -0.39 is 9.84 Å². The number of likely N-dealkylation sites (tertiary alicyclic amines) is 1. The summed E-state index contributed by atoms with van der Waals surface area (Å²) in [6.07, 6.45) is 1.94. The topological polar surface area (TPSA) is 66.5 Å². The normalized spacial score (nSPS) is 15.1. The van der Waals surface area contributed by atoms with Gasteiger partial charge >= 0.3 is 0 Å². The molecular formula is C21H27ClN2O3S. The van der Waals surface area contributed by atoms with Crippen molar-refractivity contribution in [2.24, 2.45) is 5.92 Å². The first-order chi connectivity index (χ1) is 13.0. The molecular weight excluding hydrogens is 396 g/mol. The molecule has 0 atom stereocenters. The lowest BCUT2D eigenvalue weighted by Crippen LogP contribution is -2.40. The van der Waals surface area contributed by atoms with Crippen LogP contribution in [0.25, 0.3) is 0 Å². The molecule has 0 unspecified atom stereocenters. The highest BCUT2D eigenvalue weighted by Gasteiger charge is 2.24. The lowest BCUT2D eigenvalue weighted by Gasteiger charge is -2.32. The molecule has 152 valence electrons. The van der Waals surface area contributed by atoms with E-state index in [0.717, 1.165) is 24.9 Å². The van der Waals surface area contributed by atoms with E-state index in [0.29, 0.717) is 24.6 Å². The monoisotopic (exact) mass is 422 g/mol. The fourth-order valence-corrected chi connectivity index (χ4v) is 4.90. The van der Waals surface area contributed by atoms with Crippen molar-refractivity contribution in [3.05, 3.63) is 65.7 Å². The number of carbonyl (C=O) groups is 1. The molecule has 1 saturated heterocycles. The quantitative estimate of drug-likeness (QED) is 0.776. The van der Waals surface area contributed by atoms with Gasteiger partial charge in [0.15, 0.2) is 9.84 Å². The Labute approximate surface area is 173 Å². The average Bonchev–Trinajstić information content (AvgIpc) is 2.69. The zero-order valence-electron chi connectivity index (χ0n) is 16.0. The number of hydrogen-bond acceptors (Lipinski definition) is 4. The van der Waals surface area contributed by atoms with Crippen molar-refractivity contribution in [2.45, 2.75) is 23.5 Å². The van der Waals surface area contributed by atoms with Gasteiger partial charge in [-0.1, -0.05) is 36.4 Å². The van der Waals surface area contributed by atoms with E-state index in [9.17, 15) is 13.2 Å². The Balaban J connectivity index is 0.00000280. The van der Waals surface area contributed by atoms with Crippen molar-refractivity contribution in [3.8, 4) is 0 Å². The summed E-state index contributed by atoms with van der Waals surface area (Å²) in [5.74, 6) is 0.437. The number of halogens is 1. The molecule has 2 aromatic rings. The van der Waals surface area contributed by atoms with E-state index in [-0.39, 0.29) is 29.0 Å². The van der Waals surface area contributed by atoms with Gasteiger partial charge in [0.2, 0.25) is 0 Å². The Hall–Kier alpha value is -1.89. The summed E-state index contributed by atoms with van der Waals surface area (Å²) in [6, 6.07) is 15.5. The maximum absolute atomic E-state index is 12.8. The van der Waals surface area contributed by atoms with Crippen molar-refractivity contribution in [3.63, 3.8) is 0 Å². The Morgan fingerprint density at radius 1 is 1.07 bits per heavy atom. The molecule has 1 aliphatic rings. The minimum atomic E-state index is -3.50. The highest BCUT2D eigenvalue weighted by Crippen LogP contribution is 2.21. The van der Waals surface area contributed by atoms with E-state index in [4.69, 9.17) is 0 Å². The maximum Gasteiger partial charge on any atom is 0.253 e. The lowest BCUT2D eigenvalue weighted by atomic mass is 9.96. The molecule has 1 fully saturated rings. The number of rotatable bonds is 6. The molecule has 1 heterocycles. The standard InChI is InChI=1S/C21H26N2O3S.ClH/c1-22-15-17-10-12-23(13-11-17)21(24)19-8-5-9-20(14-19)27(25,26)16-18-6-3-2-4-7-18;/h2-9,14,17,22H,10-13,15-16H2,1H3;1H. The maximum atomic E-state index is 12.8. The van der Waals surface area contributed by atoms with Crippen molar-refractivity contribution in [1.82, 2.24) is 10.2 Å². The van der Waals surface area contributed by atoms with E-state index in [1.165, 1.54) is 6.07 Å². The molecule has 0 aliphatic carbocycles. The van der Waals surface area contributed by atoms with Crippen LogP contribution in [0.5, 0.6) is 0 Å². The predicted molar refractivity (Wildman–Crippen MR) is 114 cm³/mol. The van der Waals surface area contributed by atoms with Crippen LogP contribution in [0.3, 0.4) is 0 Å². The van der Waals surface area contributed by atoms with Crippen LogP contribution in [0.1, 0.15) is 28.8 Å². The van der Waals surface area contributed by atoms with Gasteiger partial charge in [-0.15, -0.1) is 12.4 Å².